The number of benzene rings is 1. The molecule has 0 atom stereocenters. The maximum atomic E-state index is 12.8. The van der Waals surface area contributed by atoms with E-state index in [-0.39, 0.29) is 5.69 Å². The molecule has 0 amide bonds. The minimum Gasteiger partial charge on any atom is -0.398 e. The van der Waals surface area contributed by atoms with Crippen molar-refractivity contribution in [2.24, 2.45) is 0 Å². The minimum atomic E-state index is -4.42. The lowest BCUT2D eigenvalue weighted by Crippen LogP contribution is -2.41. The Morgan fingerprint density at radius 3 is 2.29 bits per heavy atom. The molecule has 128 valence electrons. The van der Waals surface area contributed by atoms with Crippen molar-refractivity contribution in [3.05, 3.63) is 36.0 Å². The summed E-state index contributed by atoms with van der Waals surface area (Å²) in [6.07, 6.45) is -2.99. The van der Waals surface area contributed by atoms with Crippen LogP contribution in [0.5, 0.6) is 0 Å². The van der Waals surface area contributed by atoms with Crippen molar-refractivity contribution >= 4 is 12.7 Å². The molecule has 0 saturated carbocycles. The summed E-state index contributed by atoms with van der Waals surface area (Å²) in [4.78, 5) is 1.13. The summed E-state index contributed by atoms with van der Waals surface area (Å²) in [6, 6.07) is 4.81. The molecule has 1 aliphatic rings. The molecular formula is C15H17BF3N3O2. The summed E-state index contributed by atoms with van der Waals surface area (Å²) in [7, 11) is -0.713. The fourth-order valence-electron chi connectivity index (χ4n) is 2.28. The van der Waals surface area contributed by atoms with Gasteiger partial charge in [-0.25, -0.2) is 0 Å². The predicted octanol–water partition coefficient (Wildman–Crippen LogP) is 2.59. The van der Waals surface area contributed by atoms with Gasteiger partial charge in [0.1, 0.15) is 5.59 Å². The summed E-state index contributed by atoms with van der Waals surface area (Å²) in [5.74, 6) is 0. The van der Waals surface area contributed by atoms with Crippen molar-refractivity contribution in [3.63, 3.8) is 0 Å². The third-order valence-corrected chi connectivity index (χ3v) is 4.41. The Labute approximate surface area is 137 Å². The zero-order valence-corrected chi connectivity index (χ0v) is 13.8. The average molecular weight is 339 g/mol. The van der Waals surface area contributed by atoms with Gasteiger partial charge in [-0.2, -0.15) is 28.2 Å². The smallest absolute Gasteiger partial charge is 0.398 e. The Kier molecular flexibility index (Phi) is 3.76. The highest BCUT2D eigenvalue weighted by molar-refractivity contribution is 6.61. The number of alkyl halides is 3. The standard InChI is InChI=1S/C15H17BF3N3O2/c1-13(2)14(3,4)24-16(23-13)12-9-20-22(21-12)11-7-5-6-10(8-11)15(17,18)19/h5-9H,1-4H3. The van der Waals surface area contributed by atoms with Crippen LogP contribution in [0, 0.1) is 0 Å². The molecule has 0 bridgehead atoms. The molecule has 1 aromatic heterocycles. The molecule has 2 aromatic rings. The molecule has 0 spiro atoms. The Morgan fingerprint density at radius 1 is 1.08 bits per heavy atom. The number of hydrogen-bond acceptors (Lipinski definition) is 4. The van der Waals surface area contributed by atoms with Crippen molar-refractivity contribution in [3.8, 4) is 5.69 Å². The van der Waals surface area contributed by atoms with Gasteiger partial charge in [0.2, 0.25) is 0 Å². The number of aromatic nitrogens is 3. The molecule has 0 radical (unpaired) electrons. The van der Waals surface area contributed by atoms with Crippen LogP contribution < -0.4 is 5.59 Å². The van der Waals surface area contributed by atoms with Crippen molar-refractivity contribution in [2.75, 3.05) is 0 Å². The van der Waals surface area contributed by atoms with E-state index in [1.54, 1.807) is 0 Å². The van der Waals surface area contributed by atoms with E-state index in [2.05, 4.69) is 10.2 Å². The van der Waals surface area contributed by atoms with E-state index >= 15 is 0 Å². The second kappa shape index (κ2) is 5.32. The zero-order chi connectivity index (χ0) is 17.8. The average Bonchev–Trinajstić information content (AvgIpc) is 3.02. The topological polar surface area (TPSA) is 49.2 Å². The number of hydrogen-bond donors (Lipinski definition) is 0. The minimum absolute atomic E-state index is 0.215. The Bertz CT molecular complexity index is 742. The van der Waals surface area contributed by atoms with Crippen LogP contribution >= 0.6 is 0 Å². The first kappa shape index (κ1) is 17.0. The van der Waals surface area contributed by atoms with Gasteiger partial charge < -0.3 is 9.31 Å². The predicted molar refractivity (Wildman–Crippen MR) is 82.1 cm³/mol. The molecule has 1 aromatic carbocycles. The molecule has 1 saturated heterocycles. The van der Waals surface area contributed by atoms with Crippen LogP contribution in [0.3, 0.4) is 0 Å². The van der Waals surface area contributed by atoms with Crippen LogP contribution in [-0.2, 0) is 15.5 Å². The molecule has 24 heavy (non-hydrogen) atoms. The lowest BCUT2D eigenvalue weighted by atomic mass is 9.86. The van der Waals surface area contributed by atoms with Gasteiger partial charge in [-0.1, -0.05) is 6.07 Å². The molecule has 3 rings (SSSR count). The van der Waals surface area contributed by atoms with E-state index in [9.17, 15) is 13.2 Å². The zero-order valence-electron chi connectivity index (χ0n) is 13.8. The number of halogens is 3. The molecule has 0 aliphatic carbocycles. The monoisotopic (exact) mass is 339 g/mol. The van der Waals surface area contributed by atoms with E-state index in [0.29, 0.717) is 5.59 Å². The summed E-state index contributed by atoms with van der Waals surface area (Å²) < 4.78 is 50.2. The molecule has 1 fully saturated rings. The normalized spacial score (nSPS) is 19.7. The van der Waals surface area contributed by atoms with Crippen LogP contribution in [-0.4, -0.2) is 33.3 Å². The molecular weight excluding hydrogens is 322 g/mol. The summed E-state index contributed by atoms with van der Waals surface area (Å²) >= 11 is 0. The molecule has 1 aliphatic heterocycles. The molecule has 2 heterocycles. The third-order valence-electron chi connectivity index (χ3n) is 4.41. The highest BCUT2D eigenvalue weighted by Gasteiger charge is 2.52. The van der Waals surface area contributed by atoms with Crippen LogP contribution in [0.1, 0.15) is 33.3 Å². The summed E-state index contributed by atoms with van der Waals surface area (Å²) in [5, 5.41) is 8.23. The Hall–Kier alpha value is -1.87. The van der Waals surface area contributed by atoms with E-state index in [4.69, 9.17) is 9.31 Å². The van der Waals surface area contributed by atoms with Gasteiger partial charge in [0.15, 0.2) is 0 Å². The van der Waals surface area contributed by atoms with Crippen LogP contribution in [0.25, 0.3) is 5.69 Å². The van der Waals surface area contributed by atoms with Gasteiger partial charge >= 0.3 is 13.3 Å². The first-order chi connectivity index (χ1) is 11.0. The van der Waals surface area contributed by atoms with Gasteiger partial charge in [-0.15, -0.1) is 0 Å². The lowest BCUT2D eigenvalue weighted by Gasteiger charge is -2.32. The molecule has 9 heteroatoms. The SMILES string of the molecule is CC1(C)OB(c2cnn(-c3cccc(C(F)(F)F)c3)n2)OC1(C)C. The highest BCUT2D eigenvalue weighted by atomic mass is 19.4. The van der Waals surface area contributed by atoms with Crippen LogP contribution in [0.4, 0.5) is 13.2 Å². The maximum absolute atomic E-state index is 12.8. The van der Waals surface area contributed by atoms with Gasteiger partial charge in [0, 0.05) is 0 Å². The lowest BCUT2D eigenvalue weighted by molar-refractivity contribution is -0.137. The van der Waals surface area contributed by atoms with Gasteiger partial charge in [0.05, 0.1) is 28.6 Å². The van der Waals surface area contributed by atoms with E-state index in [1.807, 2.05) is 27.7 Å². The first-order valence-corrected chi connectivity index (χ1v) is 7.45. The van der Waals surface area contributed by atoms with Crippen molar-refractivity contribution < 1.29 is 22.5 Å². The fraction of sp³-hybridized carbons (Fsp3) is 0.467. The van der Waals surface area contributed by atoms with E-state index in [0.717, 1.165) is 16.9 Å². The van der Waals surface area contributed by atoms with E-state index < -0.39 is 30.1 Å². The van der Waals surface area contributed by atoms with Gasteiger partial charge in [0.25, 0.3) is 0 Å². The second-order valence-electron chi connectivity index (χ2n) is 6.70. The molecule has 5 nitrogen and oxygen atoms in total. The van der Waals surface area contributed by atoms with Gasteiger partial charge in [-0.3, -0.25) is 0 Å². The van der Waals surface area contributed by atoms with Crippen molar-refractivity contribution in [1.29, 1.82) is 0 Å². The third kappa shape index (κ3) is 2.93. The fourth-order valence-corrected chi connectivity index (χ4v) is 2.28. The molecule has 0 N–H and O–H groups in total. The first-order valence-electron chi connectivity index (χ1n) is 7.45. The van der Waals surface area contributed by atoms with Crippen molar-refractivity contribution in [1.82, 2.24) is 15.0 Å². The number of nitrogens with zero attached hydrogens (tertiary/aromatic N) is 3. The maximum Gasteiger partial charge on any atom is 0.518 e. The Morgan fingerprint density at radius 2 is 1.71 bits per heavy atom. The van der Waals surface area contributed by atoms with Gasteiger partial charge in [-0.05, 0) is 45.9 Å². The summed E-state index contributed by atoms with van der Waals surface area (Å²) in [5.41, 5.74) is -1.19. The summed E-state index contributed by atoms with van der Waals surface area (Å²) in [6.45, 7) is 7.63. The largest absolute Gasteiger partial charge is 0.518 e. The van der Waals surface area contributed by atoms with Crippen LogP contribution in [0.2, 0.25) is 0 Å². The van der Waals surface area contributed by atoms with Crippen LogP contribution in [0.15, 0.2) is 30.5 Å². The van der Waals surface area contributed by atoms with Crippen molar-refractivity contribution in [2.45, 2.75) is 45.1 Å². The highest BCUT2D eigenvalue weighted by Crippen LogP contribution is 2.36. The number of rotatable bonds is 2. The van der Waals surface area contributed by atoms with E-state index in [1.165, 1.54) is 18.3 Å². The second-order valence-corrected chi connectivity index (χ2v) is 6.70. The quantitative estimate of drug-likeness (QED) is 0.790. The molecule has 0 unspecified atom stereocenters. The Balaban J connectivity index is 1.87.